The van der Waals surface area contributed by atoms with E-state index in [4.69, 9.17) is 4.74 Å². The SMILES string of the molecule is COc1ccc(C2=C(N=C=S)SCCS2)cc1. The average Bonchev–Trinajstić information content (AvgIpc) is 2.40. The maximum atomic E-state index is 5.15. The fourth-order valence-corrected chi connectivity index (χ4v) is 3.88. The van der Waals surface area contributed by atoms with Crippen LogP contribution in [-0.2, 0) is 0 Å². The third kappa shape index (κ3) is 3.13. The molecule has 0 aliphatic carbocycles. The summed E-state index contributed by atoms with van der Waals surface area (Å²) in [6.45, 7) is 0. The molecule has 0 saturated heterocycles. The van der Waals surface area contributed by atoms with E-state index < -0.39 is 0 Å². The highest BCUT2D eigenvalue weighted by Crippen LogP contribution is 2.41. The first-order chi connectivity index (χ1) is 8.35. The van der Waals surface area contributed by atoms with E-state index in [1.54, 1.807) is 18.9 Å². The molecule has 5 heteroatoms. The Morgan fingerprint density at radius 1 is 1.24 bits per heavy atom. The summed E-state index contributed by atoms with van der Waals surface area (Å²) < 4.78 is 5.15. The third-order valence-corrected chi connectivity index (χ3v) is 4.84. The van der Waals surface area contributed by atoms with Gasteiger partial charge in [-0.2, -0.15) is 4.99 Å². The lowest BCUT2D eigenvalue weighted by Crippen LogP contribution is -1.96. The molecule has 0 saturated carbocycles. The molecule has 0 radical (unpaired) electrons. The van der Waals surface area contributed by atoms with Crippen LogP contribution in [-0.4, -0.2) is 23.8 Å². The summed E-state index contributed by atoms with van der Waals surface area (Å²) in [6.07, 6.45) is 0. The molecule has 0 N–H and O–H groups in total. The van der Waals surface area contributed by atoms with Gasteiger partial charge in [0.1, 0.15) is 10.8 Å². The van der Waals surface area contributed by atoms with Gasteiger partial charge >= 0.3 is 0 Å². The molecule has 0 bridgehead atoms. The van der Waals surface area contributed by atoms with Crippen molar-refractivity contribution < 1.29 is 4.74 Å². The van der Waals surface area contributed by atoms with Crippen LogP contribution >= 0.6 is 35.7 Å². The van der Waals surface area contributed by atoms with Crippen LogP contribution in [0.25, 0.3) is 4.91 Å². The standard InChI is InChI=1S/C12H11NOS3/c1-14-10-4-2-9(3-5-10)11-12(13-8-15)17-7-6-16-11/h2-5H,6-7H2,1H3. The number of thiocarbonyl (C=S) groups is 1. The van der Waals surface area contributed by atoms with Crippen LogP contribution in [0, 0.1) is 0 Å². The van der Waals surface area contributed by atoms with Crippen LogP contribution in [0.1, 0.15) is 5.56 Å². The van der Waals surface area contributed by atoms with Crippen molar-refractivity contribution in [2.24, 2.45) is 4.99 Å². The molecule has 0 aromatic heterocycles. The predicted molar refractivity (Wildman–Crippen MR) is 79.9 cm³/mol. The van der Waals surface area contributed by atoms with Crippen LogP contribution in [0.15, 0.2) is 34.3 Å². The summed E-state index contributed by atoms with van der Waals surface area (Å²) >= 11 is 8.23. The van der Waals surface area contributed by atoms with Gasteiger partial charge in [-0.1, -0.05) is 12.1 Å². The number of nitrogens with zero attached hydrogens (tertiary/aromatic N) is 1. The number of hydrogen-bond acceptors (Lipinski definition) is 5. The smallest absolute Gasteiger partial charge is 0.121 e. The van der Waals surface area contributed by atoms with E-state index >= 15 is 0 Å². The van der Waals surface area contributed by atoms with Gasteiger partial charge < -0.3 is 4.74 Å². The normalized spacial score (nSPS) is 15.4. The molecule has 1 aliphatic rings. The van der Waals surface area contributed by atoms with Crippen LogP contribution in [0.2, 0.25) is 0 Å². The van der Waals surface area contributed by atoms with Crippen molar-refractivity contribution in [3.63, 3.8) is 0 Å². The summed E-state index contributed by atoms with van der Waals surface area (Å²) in [6, 6.07) is 8.01. The molecule has 0 unspecified atom stereocenters. The monoisotopic (exact) mass is 281 g/mol. The van der Waals surface area contributed by atoms with E-state index in [1.807, 2.05) is 36.0 Å². The number of benzene rings is 1. The minimum atomic E-state index is 0.864. The molecule has 0 atom stereocenters. The first kappa shape index (κ1) is 12.7. The van der Waals surface area contributed by atoms with Gasteiger partial charge in [0.25, 0.3) is 0 Å². The van der Waals surface area contributed by atoms with E-state index in [9.17, 15) is 0 Å². The fourth-order valence-electron chi connectivity index (χ4n) is 1.48. The van der Waals surface area contributed by atoms with Gasteiger partial charge in [-0.25, -0.2) is 0 Å². The number of isothiocyanates is 1. The van der Waals surface area contributed by atoms with Crippen LogP contribution in [0.5, 0.6) is 5.75 Å². The predicted octanol–water partition coefficient (Wildman–Crippen LogP) is 3.90. The molecule has 1 heterocycles. The molecule has 17 heavy (non-hydrogen) atoms. The van der Waals surface area contributed by atoms with Crippen molar-refractivity contribution >= 4 is 45.8 Å². The van der Waals surface area contributed by atoms with Crippen molar-refractivity contribution in [1.82, 2.24) is 0 Å². The number of aliphatic imine (C=N–C) groups is 1. The molecular formula is C12H11NOS3. The third-order valence-electron chi connectivity index (χ3n) is 2.26. The number of ether oxygens (including phenoxy) is 1. The van der Waals surface area contributed by atoms with Crippen molar-refractivity contribution in [1.29, 1.82) is 0 Å². The van der Waals surface area contributed by atoms with E-state index in [1.165, 1.54) is 4.91 Å². The van der Waals surface area contributed by atoms with Crippen molar-refractivity contribution in [3.05, 3.63) is 34.9 Å². The zero-order valence-electron chi connectivity index (χ0n) is 9.30. The minimum absolute atomic E-state index is 0.864. The van der Waals surface area contributed by atoms with Crippen LogP contribution in [0.3, 0.4) is 0 Å². The van der Waals surface area contributed by atoms with Gasteiger partial charge in [0, 0.05) is 16.4 Å². The molecule has 0 amide bonds. The van der Waals surface area contributed by atoms with Gasteiger partial charge in [-0.15, -0.1) is 23.5 Å². The molecule has 1 aliphatic heterocycles. The van der Waals surface area contributed by atoms with Crippen molar-refractivity contribution in [2.45, 2.75) is 0 Å². The van der Waals surface area contributed by atoms with Crippen molar-refractivity contribution in [3.8, 4) is 5.75 Å². The molecule has 88 valence electrons. The van der Waals surface area contributed by atoms with Gasteiger partial charge in [0.15, 0.2) is 0 Å². The van der Waals surface area contributed by atoms with Gasteiger partial charge in [-0.3, -0.25) is 0 Å². The van der Waals surface area contributed by atoms with Crippen LogP contribution in [0.4, 0.5) is 0 Å². The summed E-state index contributed by atoms with van der Waals surface area (Å²) in [5.41, 5.74) is 1.16. The number of hydrogen-bond donors (Lipinski definition) is 0. The topological polar surface area (TPSA) is 21.6 Å². The zero-order chi connectivity index (χ0) is 12.1. The molecule has 2 nitrogen and oxygen atoms in total. The highest BCUT2D eigenvalue weighted by molar-refractivity contribution is 8.13. The first-order valence-corrected chi connectivity index (χ1v) is 7.45. The quantitative estimate of drug-likeness (QED) is 0.618. The second-order valence-electron chi connectivity index (χ2n) is 3.26. The molecule has 2 rings (SSSR count). The maximum absolute atomic E-state index is 5.15. The summed E-state index contributed by atoms with van der Waals surface area (Å²) in [4.78, 5) is 5.32. The summed E-state index contributed by atoms with van der Waals surface area (Å²) in [5, 5.41) is 3.42. The Morgan fingerprint density at radius 2 is 1.94 bits per heavy atom. The molecule has 0 spiro atoms. The summed E-state index contributed by atoms with van der Waals surface area (Å²) in [7, 11) is 1.67. The highest BCUT2D eigenvalue weighted by Gasteiger charge is 2.15. The zero-order valence-corrected chi connectivity index (χ0v) is 11.8. The number of thioether (sulfide) groups is 2. The second-order valence-corrected chi connectivity index (χ2v) is 5.63. The second kappa shape index (κ2) is 6.26. The van der Waals surface area contributed by atoms with Gasteiger partial charge in [0.2, 0.25) is 0 Å². The van der Waals surface area contributed by atoms with E-state index in [0.29, 0.717) is 0 Å². The fraction of sp³-hybridized carbons (Fsp3) is 0.250. The molecule has 1 aromatic carbocycles. The van der Waals surface area contributed by atoms with E-state index in [0.717, 1.165) is 27.8 Å². The number of rotatable bonds is 3. The lowest BCUT2D eigenvalue weighted by Gasteiger charge is -2.15. The average molecular weight is 281 g/mol. The maximum Gasteiger partial charge on any atom is 0.121 e. The lowest BCUT2D eigenvalue weighted by molar-refractivity contribution is 0.415. The lowest BCUT2D eigenvalue weighted by atomic mass is 10.2. The van der Waals surface area contributed by atoms with E-state index in [2.05, 4.69) is 22.4 Å². The Labute approximate surface area is 115 Å². The molecular weight excluding hydrogens is 270 g/mol. The van der Waals surface area contributed by atoms with E-state index in [-0.39, 0.29) is 0 Å². The Bertz CT molecular complexity index is 475. The Kier molecular flexibility index (Phi) is 4.68. The van der Waals surface area contributed by atoms with Crippen LogP contribution < -0.4 is 4.74 Å². The van der Waals surface area contributed by atoms with Crippen molar-refractivity contribution in [2.75, 3.05) is 18.6 Å². The Balaban J connectivity index is 2.37. The summed E-state index contributed by atoms with van der Waals surface area (Å²) in [5.74, 6) is 3.03. The Morgan fingerprint density at radius 3 is 2.59 bits per heavy atom. The minimum Gasteiger partial charge on any atom is -0.497 e. The van der Waals surface area contributed by atoms with Gasteiger partial charge in [0.05, 0.1) is 12.3 Å². The molecule has 0 fully saturated rings. The molecule has 1 aromatic rings. The first-order valence-electron chi connectivity index (χ1n) is 5.07. The Hall–Kier alpha value is -0.740. The number of methoxy groups -OCH3 is 1. The largest absolute Gasteiger partial charge is 0.497 e. The van der Waals surface area contributed by atoms with Gasteiger partial charge in [-0.05, 0) is 29.9 Å². The highest BCUT2D eigenvalue weighted by atomic mass is 32.2.